The van der Waals surface area contributed by atoms with Crippen LogP contribution >= 0.6 is 15.9 Å². The molecule has 0 bridgehead atoms. The number of nitrogens with zero attached hydrogens (tertiary/aromatic N) is 2. The van der Waals surface area contributed by atoms with Gasteiger partial charge in [-0.15, -0.1) is 0 Å². The van der Waals surface area contributed by atoms with E-state index >= 15 is 0 Å². The van der Waals surface area contributed by atoms with E-state index < -0.39 is 0 Å². The Balaban J connectivity index is 2.02. The van der Waals surface area contributed by atoms with Crippen molar-refractivity contribution in [3.8, 4) is 11.6 Å². The minimum atomic E-state index is -0.326. The Morgan fingerprint density at radius 3 is 2.95 bits per heavy atom. The minimum absolute atomic E-state index is 0.326. The number of aromatic nitrogens is 2. The first-order chi connectivity index (χ1) is 10.2. The van der Waals surface area contributed by atoms with Gasteiger partial charge in [-0.2, -0.15) is 4.98 Å². The fraction of sp³-hybridized carbons (Fsp3) is 0.133. The molecule has 1 aromatic carbocycles. The van der Waals surface area contributed by atoms with Crippen LogP contribution in [0.1, 0.15) is 5.69 Å². The molecule has 1 N–H and O–H groups in total. The number of hydrogen-bond donors (Lipinski definition) is 1. The molecule has 6 heteroatoms. The molecule has 0 unspecified atom stereocenters. The van der Waals surface area contributed by atoms with E-state index in [1.54, 1.807) is 12.1 Å². The Bertz CT molecular complexity index is 788. The molecule has 108 valence electrons. The molecule has 0 saturated heterocycles. The summed E-state index contributed by atoms with van der Waals surface area (Å²) in [6, 6.07) is 10.3. The number of fused-ring (bicyclic) bond motifs is 1. The molecule has 2 heterocycles. The third-order valence-electron chi connectivity index (χ3n) is 3.04. The second kappa shape index (κ2) is 5.83. The Labute approximate surface area is 129 Å². The lowest BCUT2D eigenvalue weighted by atomic mass is 10.3. The van der Waals surface area contributed by atoms with E-state index in [2.05, 4.69) is 26.2 Å². The summed E-state index contributed by atoms with van der Waals surface area (Å²) in [6.45, 7) is 0.614. The Morgan fingerprint density at radius 2 is 2.19 bits per heavy atom. The third kappa shape index (κ3) is 2.77. The molecule has 0 spiro atoms. The number of imidazole rings is 1. The van der Waals surface area contributed by atoms with Crippen LogP contribution in [0.25, 0.3) is 5.65 Å². The van der Waals surface area contributed by atoms with Gasteiger partial charge in [0, 0.05) is 12.7 Å². The summed E-state index contributed by atoms with van der Waals surface area (Å²) in [5, 5.41) is 3.10. The highest BCUT2D eigenvalue weighted by Gasteiger charge is 2.14. The Hall–Kier alpha value is -1.92. The molecule has 0 atom stereocenters. The maximum Gasteiger partial charge on any atom is 0.242 e. The van der Waals surface area contributed by atoms with Gasteiger partial charge in [0.1, 0.15) is 22.9 Å². The fourth-order valence-corrected chi connectivity index (χ4v) is 2.44. The van der Waals surface area contributed by atoms with Crippen molar-refractivity contribution in [1.29, 1.82) is 0 Å². The van der Waals surface area contributed by atoms with Crippen LogP contribution in [-0.4, -0.2) is 16.4 Å². The van der Waals surface area contributed by atoms with Crippen molar-refractivity contribution >= 4 is 21.6 Å². The summed E-state index contributed by atoms with van der Waals surface area (Å²) in [5.41, 5.74) is 1.72. The predicted molar refractivity (Wildman–Crippen MR) is 82.1 cm³/mol. The fourth-order valence-electron chi connectivity index (χ4n) is 2.09. The number of ether oxygens (including phenoxy) is 1. The molecule has 3 aromatic rings. The molecule has 0 saturated carbocycles. The van der Waals surface area contributed by atoms with Crippen molar-refractivity contribution in [1.82, 2.24) is 14.7 Å². The quantitative estimate of drug-likeness (QED) is 0.779. The van der Waals surface area contributed by atoms with Crippen molar-refractivity contribution in [2.24, 2.45) is 0 Å². The lowest BCUT2D eigenvalue weighted by Crippen LogP contribution is -2.08. The number of hydrogen-bond acceptors (Lipinski definition) is 3. The van der Waals surface area contributed by atoms with Crippen molar-refractivity contribution < 1.29 is 9.13 Å². The largest absolute Gasteiger partial charge is 0.437 e. The Morgan fingerprint density at radius 1 is 1.33 bits per heavy atom. The van der Waals surface area contributed by atoms with Crippen LogP contribution in [0.4, 0.5) is 4.39 Å². The van der Waals surface area contributed by atoms with Gasteiger partial charge in [0.15, 0.2) is 0 Å². The normalized spacial score (nSPS) is 11.0. The molecule has 0 amide bonds. The average Bonchev–Trinajstić information content (AvgIpc) is 2.81. The van der Waals surface area contributed by atoms with Crippen molar-refractivity contribution in [3.05, 3.63) is 58.6 Å². The SMILES string of the molecule is CNCc1c(Oc2ccc(F)c(Br)c2)nc2ccccn12. The second-order valence-electron chi connectivity index (χ2n) is 4.50. The molecular weight excluding hydrogens is 337 g/mol. The van der Waals surface area contributed by atoms with Crippen molar-refractivity contribution in [2.45, 2.75) is 6.54 Å². The molecule has 0 aliphatic carbocycles. The van der Waals surface area contributed by atoms with Gasteiger partial charge < -0.3 is 10.1 Å². The van der Waals surface area contributed by atoms with E-state index in [1.165, 1.54) is 6.07 Å². The van der Waals surface area contributed by atoms with Crippen LogP contribution in [-0.2, 0) is 6.54 Å². The predicted octanol–water partition coefficient (Wildman–Crippen LogP) is 3.75. The number of halogens is 2. The molecule has 0 aliphatic rings. The number of pyridine rings is 1. The first-order valence-electron chi connectivity index (χ1n) is 6.42. The maximum absolute atomic E-state index is 13.3. The van der Waals surface area contributed by atoms with Crippen molar-refractivity contribution in [2.75, 3.05) is 7.05 Å². The maximum atomic E-state index is 13.3. The van der Waals surface area contributed by atoms with Gasteiger partial charge >= 0.3 is 0 Å². The summed E-state index contributed by atoms with van der Waals surface area (Å²) in [5.74, 6) is 0.714. The topological polar surface area (TPSA) is 38.6 Å². The summed E-state index contributed by atoms with van der Waals surface area (Å²) < 4.78 is 21.4. The van der Waals surface area contributed by atoms with Gasteiger partial charge in [-0.25, -0.2) is 4.39 Å². The minimum Gasteiger partial charge on any atom is -0.437 e. The second-order valence-corrected chi connectivity index (χ2v) is 5.36. The third-order valence-corrected chi connectivity index (χ3v) is 3.65. The highest BCUT2D eigenvalue weighted by atomic mass is 79.9. The van der Waals surface area contributed by atoms with Crippen LogP contribution in [0.5, 0.6) is 11.6 Å². The summed E-state index contributed by atoms with van der Waals surface area (Å²) in [6.07, 6.45) is 1.93. The summed E-state index contributed by atoms with van der Waals surface area (Å²) in [4.78, 5) is 4.47. The molecule has 3 rings (SSSR count). The number of benzene rings is 1. The molecule has 2 aromatic heterocycles. The Kier molecular flexibility index (Phi) is 3.90. The van der Waals surface area contributed by atoms with Gasteiger partial charge in [-0.1, -0.05) is 6.07 Å². The van der Waals surface area contributed by atoms with Gasteiger partial charge in [-0.3, -0.25) is 4.40 Å². The zero-order chi connectivity index (χ0) is 14.8. The zero-order valence-corrected chi connectivity index (χ0v) is 12.9. The van der Waals surface area contributed by atoms with E-state index in [1.807, 2.05) is 35.8 Å². The van der Waals surface area contributed by atoms with Crippen LogP contribution in [0, 0.1) is 5.82 Å². The first kappa shape index (κ1) is 14.0. The molecule has 4 nitrogen and oxygen atoms in total. The lowest BCUT2D eigenvalue weighted by molar-refractivity contribution is 0.455. The molecule has 0 aliphatic heterocycles. The summed E-state index contributed by atoms with van der Waals surface area (Å²) in [7, 11) is 1.86. The van der Waals surface area contributed by atoms with E-state index in [4.69, 9.17) is 4.74 Å². The van der Waals surface area contributed by atoms with Crippen LogP contribution < -0.4 is 10.1 Å². The van der Waals surface area contributed by atoms with E-state index in [0.717, 1.165) is 11.3 Å². The molecule has 0 radical (unpaired) electrons. The lowest BCUT2D eigenvalue weighted by Gasteiger charge is -2.07. The average molecular weight is 350 g/mol. The van der Waals surface area contributed by atoms with Gasteiger partial charge in [0.05, 0.1) is 4.47 Å². The molecular formula is C15H13BrFN3O. The van der Waals surface area contributed by atoms with Crippen LogP contribution in [0.2, 0.25) is 0 Å². The first-order valence-corrected chi connectivity index (χ1v) is 7.22. The molecule has 21 heavy (non-hydrogen) atoms. The molecule has 0 fully saturated rings. The number of nitrogens with one attached hydrogen (secondary N) is 1. The van der Waals surface area contributed by atoms with E-state index in [-0.39, 0.29) is 5.82 Å². The van der Waals surface area contributed by atoms with Gasteiger partial charge in [0.25, 0.3) is 0 Å². The highest BCUT2D eigenvalue weighted by molar-refractivity contribution is 9.10. The van der Waals surface area contributed by atoms with Gasteiger partial charge in [-0.05, 0) is 53.3 Å². The monoisotopic (exact) mass is 349 g/mol. The van der Waals surface area contributed by atoms with Crippen molar-refractivity contribution in [3.63, 3.8) is 0 Å². The van der Waals surface area contributed by atoms with Crippen LogP contribution in [0.15, 0.2) is 47.1 Å². The smallest absolute Gasteiger partial charge is 0.242 e. The number of rotatable bonds is 4. The summed E-state index contributed by atoms with van der Waals surface area (Å²) >= 11 is 3.15. The van der Waals surface area contributed by atoms with E-state index in [9.17, 15) is 4.39 Å². The standard InChI is InChI=1S/C15H13BrFN3O/c1-18-9-13-15(19-14-4-2-3-7-20(13)14)21-10-5-6-12(17)11(16)8-10/h2-8,18H,9H2,1H3. The van der Waals surface area contributed by atoms with E-state index in [0.29, 0.717) is 22.6 Å². The van der Waals surface area contributed by atoms with Crippen LogP contribution in [0.3, 0.4) is 0 Å². The zero-order valence-electron chi connectivity index (χ0n) is 11.3. The van der Waals surface area contributed by atoms with Gasteiger partial charge in [0.2, 0.25) is 5.88 Å². The highest BCUT2D eigenvalue weighted by Crippen LogP contribution is 2.28.